The van der Waals surface area contributed by atoms with Crippen molar-refractivity contribution in [1.82, 2.24) is 14.9 Å². The van der Waals surface area contributed by atoms with Crippen molar-refractivity contribution >= 4 is 5.91 Å². The van der Waals surface area contributed by atoms with Crippen molar-refractivity contribution in [3.63, 3.8) is 0 Å². The van der Waals surface area contributed by atoms with Crippen molar-refractivity contribution < 1.29 is 4.79 Å². The molecule has 0 bridgehead atoms. The Bertz CT molecular complexity index is 795. The van der Waals surface area contributed by atoms with Gasteiger partial charge in [0, 0.05) is 24.5 Å². The molecule has 1 heterocycles. The number of aromatic nitrogens is 2. The van der Waals surface area contributed by atoms with E-state index in [0.717, 1.165) is 11.3 Å². The molecule has 0 unspecified atom stereocenters. The number of nitrogens with zero attached hydrogens (tertiary/aromatic N) is 2. The molecule has 0 saturated heterocycles. The predicted molar refractivity (Wildman–Crippen MR) is 99.6 cm³/mol. The summed E-state index contributed by atoms with van der Waals surface area (Å²) in [5.74, 6) is 0.277. The first kappa shape index (κ1) is 17.0. The van der Waals surface area contributed by atoms with E-state index in [-0.39, 0.29) is 17.9 Å². The maximum absolute atomic E-state index is 12.3. The van der Waals surface area contributed by atoms with Crippen molar-refractivity contribution in [2.75, 3.05) is 0 Å². The van der Waals surface area contributed by atoms with Gasteiger partial charge in [0.2, 0.25) is 5.91 Å². The summed E-state index contributed by atoms with van der Waals surface area (Å²) in [6.45, 7) is 4.09. The normalized spacial score (nSPS) is 13.2. The van der Waals surface area contributed by atoms with Gasteiger partial charge in [0.1, 0.15) is 0 Å². The van der Waals surface area contributed by atoms with Crippen LogP contribution in [0.4, 0.5) is 0 Å². The Hall–Kier alpha value is -2.88. The van der Waals surface area contributed by atoms with Crippen LogP contribution >= 0.6 is 0 Å². The molecule has 0 saturated carbocycles. The second-order valence-corrected chi connectivity index (χ2v) is 6.37. The molecule has 1 amide bonds. The maximum Gasteiger partial charge on any atom is 0.221 e. The molecule has 2 aromatic carbocycles. The van der Waals surface area contributed by atoms with Crippen molar-refractivity contribution in [3.8, 4) is 5.69 Å². The lowest BCUT2D eigenvalue weighted by molar-refractivity contribution is -0.122. The molecule has 25 heavy (non-hydrogen) atoms. The van der Waals surface area contributed by atoms with Crippen molar-refractivity contribution in [2.45, 2.75) is 32.2 Å². The Labute approximate surface area is 148 Å². The fourth-order valence-corrected chi connectivity index (χ4v) is 2.91. The Morgan fingerprint density at radius 3 is 2.40 bits per heavy atom. The van der Waals surface area contributed by atoms with Gasteiger partial charge in [0.15, 0.2) is 0 Å². The Morgan fingerprint density at radius 1 is 1.04 bits per heavy atom. The van der Waals surface area contributed by atoms with Gasteiger partial charge in [-0.25, -0.2) is 4.98 Å². The molecule has 1 aromatic heterocycles. The average Bonchev–Trinajstić information content (AvgIpc) is 3.17. The number of benzene rings is 2. The van der Waals surface area contributed by atoms with Crippen LogP contribution in [-0.4, -0.2) is 15.5 Å². The number of hydrogen-bond donors (Lipinski definition) is 1. The van der Waals surface area contributed by atoms with Gasteiger partial charge in [-0.2, -0.15) is 0 Å². The number of amides is 1. The van der Waals surface area contributed by atoms with E-state index in [1.165, 1.54) is 5.56 Å². The largest absolute Gasteiger partial charge is 0.350 e. The number of carbonyl (C=O) groups is 1. The third-order valence-electron chi connectivity index (χ3n) is 4.43. The number of carbonyl (C=O) groups excluding carboxylic acids is 1. The van der Waals surface area contributed by atoms with Gasteiger partial charge in [0.05, 0.1) is 12.4 Å². The molecule has 1 N–H and O–H groups in total. The second kappa shape index (κ2) is 7.79. The zero-order valence-electron chi connectivity index (χ0n) is 14.6. The molecular formula is C21H23N3O. The highest BCUT2D eigenvalue weighted by molar-refractivity contribution is 5.77. The fraction of sp³-hybridized carbons (Fsp3) is 0.238. The minimum atomic E-state index is -0.0210. The predicted octanol–water partition coefficient (Wildman–Crippen LogP) is 4.24. The Balaban J connectivity index is 1.58. The third-order valence-corrected chi connectivity index (χ3v) is 4.43. The van der Waals surface area contributed by atoms with Gasteiger partial charge in [-0.15, -0.1) is 0 Å². The van der Waals surface area contributed by atoms with E-state index < -0.39 is 0 Å². The van der Waals surface area contributed by atoms with Gasteiger partial charge >= 0.3 is 0 Å². The second-order valence-electron chi connectivity index (χ2n) is 6.37. The third kappa shape index (κ3) is 4.35. The molecule has 0 aliphatic carbocycles. The maximum atomic E-state index is 12.3. The van der Waals surface area contributed by atoms with Gasteiger partial charge in [0.25, 0.3) is 0 Å². The van der Waals surface area contributed by atoms with Crippen LogP contribution in [0.25, 0.3) is 5.69 Å². The minimum Gasteiger partial charge on any atom is -0.350 e. The molecule has 4 nitrogen and oxygen atoms in total. The van der Waals surface area contributed by atoms with Crippen LogP contribution in [0.2, 0.25) is 0 Å². The van der Waals surface area contributed by atoms with Gasteiger partial charge in [-0.1, -0.05) is 49.4 Å². The van der Waals surface area contributed by atoms with E-state index in [0.29, 0.717) is 6.42 Å². The molecular weight excluding hydrogens is 310 g/mol. The first-order valence-corrected chi connectivity index (χ1v) is 8.56. The Morgan fingerprint density at radius 2 is 1.76 bits per heavy atom. The summed E-state index contributed by atoms with van der Waals surface area (Å²) in [5.41, 5.74) is 3.33. The molecule has 0 aliphatic rings. The number of imidazole rings is 1. The van der Waals surface area contributed by atoms with Crippen LogP contribution in [0.15, 0.2) is 73.3 Å². The smallest absolute Gasteiger partial charge is 0.221 e. The molecule has 0 fully saturated rings. The molecule has 2 atom stereocenters. The summed E-state index contributed by atoms with van der Waals surface area (Å²) >= 11 is 0. The van der Waals surface area contributed by atoms with E-state index >= 15 is 0 Å². The number of rotatable bonds is 6. The quantitative estimate of drug-likeness (QED) is 0.733. The van der Waals surface area contributed by atoms with Gasteiger partial charge in [-0.3, -0.25) is 4.79 Å². The standard InChI is InChI=1S/C21H23N3O/c1-16(18-6-4-3-5-7-18)14-21(25)23-17(2)19-8-10-20(11-9-19)24-13-12-22-15-24/h3-13,15-17H,14H2,1-2H3,(H,23,25)/t16-,17+/m1/s1. The number of nitrogens with one attached hydrogen (secondary N) is 1. The van der Waals surface area contributed by atoms with Crippen LogP contribution in [0, 0.1) is 0 Å². The van der Waals surface area contributed by atoms with Crippen molar-refractivity contribution in [2.24, 2.45) is 0 Å². The van der Waals surface area contributed by atoms with Gasteiger partial charge in [-0.05, 0) is 36.1 Å². The highest BCUT2D eigenvalue weighted by atomic mass is 16.1. The first-order valence-electron chi connectivity index (χ1n) is 8.56. The summed E-state index contributed by atoms with van der Waals surface area (Å²) in [7, 11) is 0. The van der Waals surface area contributed by atoms with Crippen molar-refractivity contribution in [1.29, 1.82) is 0 Å². The first-order chi connectivity index (χ1) is 12.1. The van der Waals surface area contributed by atoms with Crippen LogP contribution < -0.4 is 5.32 Å². The molecule has 0 spiro atoms. The highest BCUT2D eigenvalue weighted by Crippen LogP contribution is 2.20. The molecule has 128 valence electrons. The Kier molecular flexibility index (Phi) is 5.29. The van der Waals surface area contributed by atoms with E-state index in [4.69, 9.17) is 0 Å². The summed E-state index contributed by atoms with van der Waals surface area (Å²) < 4.78 is 1.95. The summed E-state index contributed by atoms with van der Waals surface area (Å²) in [4.78, 5) is 16.4. The van der Waals surface area contributed by atoms with Crippen LogP contribution in [-0.2, 0) is 4.79 Å². The zero-order chi connectivity index (χ0) is 17.6. The van der Waals surface area contributed by atoms with E-state index in [1.54, 1.807) is 12.5 Å². The van der Waals surface area contributed by atoms with Crippen LogP contribution in [0.5, 0.6) is 0 Å². The lowest BCUT2D eigenvalue weighted by Gasteiger charge is -2.17. The average molecular weight is 333 g/mol. The van der Waals surface area contributed by atoms with E-state index in [9.17, 15) is 4.79 Å². The molecule has 3 rings (SSSR count). The monoisotopic (exact) mass is 333 g/mol. The number of hydrogen-bond acceptors (Lipinski definition) is 2. The highest BCUT2D eigenvalue weighted by Gasteiger charge is 2.14. The molecule has 3 aromatic rings. The summed E-state index contributed by atoms with van der Waals surface area (Å²) in [5, 5.41) is 3.09. The van der Waals surface area contributed by atoms with E-state index in [1.807, 2.05) is 60.2 Å². The molecule has 0 radical (unpaired) electrons. The van der Waals surface area contributed by atoms with E-state index in [2.05, 4.69) is 29.4 Å². The van der Waals surface area contributed by atoms with Gasteiger partial charge < -0.3 is 9.88 Å². The molecule has 4 heteroatoms. The topological polar surface area (TPSA) is 46.9 Å². The summed E-state index contributed by atoms with van der Waals surface area (Å²) in [6, 6.07) is 18.3. The fourth-order valence-electron chi connectivity index (χ4n) is 2.91. The SMILES string of the molecule is C[C@H](CC(=O)N[C@@H](C)c1ccc(-n2ccnc2)cc1)c1ccccc1. The lowest BCUT2D eigenvalue weighted by atomic mass is 9.97. The zero-order valence-corrected chi connectivity index (χ0v) is 14.6. The van der Waals surface area contributed by atoms with Crippen LogP contribution in [0.1, 0.15) is 43.4 Å². The van der Waals surface area contributed by atoms with Crippen LogP contribution in [0.3, 0.4) is 0 Å². The minimum absolute atomic E-state index is 0.0210. The lowest BCUT2D eigenvalue weighted by Crippen LogP contribution is -2.27. The molecule has 0 aliphatic heterocycles. The van der Waals surface area contributed by atoms with Crippen molar-refractivity contribution in [3.05, 3.63) is 84.4 Å². The summed E-state index contributed by atoms with van der Waals surface area (Å²) in [6.07, 6.45) is 5.92.